The van der Waals surface area contributed by atoms with Crippen molar-refractivity contribution in [2.75, 3.05) is 26.3 Å². The summed E-state index contributed by atoms with van der Waals surface area (Å²) < 4.78 is 12.0. The van der Waals surface area contributed by atoms with E-state index in [9.17, 15) is 5.11 Å². The second kappa shape index (κ2) is 8.46. The number of aliphatic hydroxyl groups is 1. The number of aryl methyl sites for hydroxylation is 1. The summed E-state index contributed by atoms with van der Waals surface area (Å²) in [7, 11) is 0. The van der Waals surface area contributed by atoms with Crippen LogP contribution >= 0.6 is 11.3 Å². The number of thiophene rings is 1. The van der Waals surface area contributed by atoms with Gasteiger partial charge in [0.05, 0.1) is 24.7 Å². The Morgan fingerprint density at radius 2 is 2.00 bits per heavy atom. The van der Waals surface area contributed by atoms with Crippen LogP contribution < -0.4 is 4.74 Å². The maximum atomic E-state index is 9.94. The molecule has 0 spiro atoms. The van der Waals surface area contributed by atoms with Crippen LogP contribution in [0.1, 0.15) is 61.8 Å². The highest BCUT2D eigenvalue weighted by Gasteiger charge is 2.32. The monoisotopic (exact) mass is 417 g/mol. The molecular formula is C22H31N3O3S. The van der Waals surface area contributed by atoms with Gasteiger partial charge in [0.1, 0.15) is 17.3 Å². The predicted molar refractivity (Wildman–Crippen MR) is 114 cm³/mol. The summed E-state index contributed by atoms with van der Waals surface area (Å²) in [5, 5.41) is 11.1. The number of aromatic nitrogens is 2. The summed E-state index contributed by atoms with van der Waals surface area (Å²) in [5.41, 5.74) is 1.35. The summed E-state index contributed by atoms with van der Waals surface area (Å²) in [6, 6.07) is 0.671. The maximum absolute atomic E-state index is 9.94. The number of hydrogen-bond acceptors (Lipinski definition) is 7. The zero-order chi connectivity index (χ0) is 19.8. The summed E-state index contributed by atoms with van der Waals surface area (Å²) in [4.78, 5) is 14.1. The smallest absolute Gasteiger partial charge is 0.225 e. The van der Waals surface area contributed by atoms with Gasteiger partial charge < -0.3 is 14.6 Å². The molecule has 0 radical (unpaired) electrons. The van der Waals surface area contributed by atoms with Crippen molar-refractivity contribution in [3.8, 4) is 5.88 Å². The second-order valence-corrected chi connectivity index (χ2v) is 9.90. The van der Waals surface area contributed by atoms with Gasteiger partial charge in [-0.2, -0.15) is 0 Å². The zero-order valence-electron chi connectivity index (χ0n) is 17.2. The van der Waals surface area contributed by atoms with E-state index >= 15 is 0 Å². The standard InChI is InChI=1S/C22H31N3O3S/c1-14(26)12-15-2-7-18-19(15)20-21(23-13-24-22(20)29-18)28-17-5-3-16(4-6-17)25-8-10-27-11-9-25/h13-17,26H,2-12H2,1H3/t14-,15+,16-,17-/m0/s1. The Bertz CT molecular complexity index is 841. The van der Waals surface area contributed by atoms with Crippen LogP contribution in [0.25, 0.3) is 10.2 Å². The van der Waals surface area contributed by atoms with E-state index in [2.05, 4.69) is 14.9 Å². The molecule has 2 atom stereocenters. The largest absolute Gasteiger partial charge is 0.474 e. The number of aliphatic hydroxyl groups excluding tert-OH is 1. The van der Waals surface area contributed by atoms with E-state index in [1.165, 1.54) is 23.3 Å². The average Bonchev–Trinajstić information content (AvgIpc) is 3.29. The molecule has 1 aliphatic heterocycles. The van der Waals surface area contributed by atoms with Crippen molar-refractivity contribution < 1.29 is 14.6 Å². The Hall–Kier alpha value is -1.28. The highest BCUT2D eigenvalue weighted by molar-refractivity contribution is 7.19. The van der Waals surface area contributed by atoms with E-state index in [4.69, 9.17) is 9.47 Å². The third-order valence-electron chi connectivity index (χ3n) is 6.81. The van der Waals surface area contributed by atoms with Crippen molar-refractivity contribution in [1.29, 1.82) is 0 Å². The van der Waals surface area contributed by atoms with Gasteiger partial charge in [0, 0.05) is 24.0 Å². The molecule has 2 aromatic rings. The first-order valence-corrected chi connectivity index (χ1v) is 11.9. The lowest BCUT2D eigenvalue weighted by atomic mass is 9.91. The molecule has 0 amide bonds. The predicted octanol–water partition coefficient (Wildman–Crippen LogP) is 3.51. The summed E-state index contributed by atoms with van der Waals surface area (Å²) in [6.07, 6.45) is 9.12. The lowest BCUT2D eigenvalue weighted by Gasteiger charge is -2.38. The molecule has 29 heavy (non-hydrogen) atoms. The Morgan fingerprint density at radius 3 is 2.76 bits per heavy atom. The number of fused-ring (bicyclic) bond motifs is 3. The number of hydrogen-bond donors (Lipinski definition) is 1. The molecule has 1 N–H and O–H groups in total. The highest BCUT2D eigenvalue weighted by Crippen LogP contribution is 2.47. The summed E-state index contributed by atoms with van der Waals surface area (Å²) in [5.74, 6) is 1.16. The van der Waals surface area contributed by atoms with Crippen LogP contribution in [0.3, 0.4) is 0 Å². The third kappa shape index (κ3) is 4.02. The molecule has 0 aromatic carbocycles. The van der Waals surface area contributed by atoms with Crippen molar-refractivity contribution in [2.24, 2.45) is 0 Å². The van der Waals surface area contributed by atoms with Gasteiger partial charge in [-0.25, -0.2) is 9.97 Å². The summed E-state index contributed by atoms with van der Waals surface area (Å²) >= 11 is 1.78. The lowest BCUT2D eigenvalue weighted by molar-refractivity contribution is -0.00126. The molecule has 0 bridgehead atoms. The lowest BCUT2D eigenvalue weighted by Crippen LogP contribution is -2.46. The first kappa shape index (κ1) is 19.7. The van der Waals surface area contributed by atoms with Crippen LogP contribution in [0, 0.1) is 0 Å². The first-order valence-electron chi connectivity index (χ1n) is 11.1. The van der Waals surface area contributed by atoms with Crippen LogP contribution in [-0.2, 0) is 11.2 Å². The Kier molecular flexibility index (Phi) is 5.74. The molecule has 2 aliphatic carbocycles. The van der Waals surface area contributed by atoms with Crippen molar-refractivity contribution in [3.05, 3.63) is 16.8 Å². The van der Waals surface area contributed by atoms with Crippen molar-refractivity contribution in [2.45, 2.75) is 76.0 Å². The normalized spacial score (nSPS) is 29.1. The van der Waals surface area contributed by atoms with E-state index < -0.39 is 0 Å². The number of rotatable bonds is 5. The zero-order valence-corrected chi connectivity index (χ0v) is 18.0. The van der Waals surface area contributed by atoms with Crippen molar-refractivity contribution in [3.63, 3.8) is 0 Å². The molecule has 1 saturated heterocycles. The van der Waals surface area contributed by atoms with Gasteiger partial charge in [0.15, 0.2) is 0 Å². The van der Waals surface area contributed by atoms with Crippen molar-refractivity contribution in [1.82, 2.24) is 14.9 Å². The van der Waals surface area contributed by atoms with E-state index in [1.807, 2.05) is 6.92 Å². The molecule has 3 heterocycles. The molecular weight excluding hydrogens is 386 g/mol. The van der Waals surface area contributed by atoms with E-state index in [-0.39, 0.29) is 12.2 Å². The molecule has 2 aromatic heterocycles. The molecule has 6 nitrogen and oxygen atoms in total. The Labute approximate surface area is 176 Å². The Balaban J connectivity index is 1.31. The average molecular weight is 418 g/mol. The molecule has 158 valence electrons. The van der Waals surface area contributed by atoms with Crippen molar-refractivity contribution >= 4 is 21.6 Å². The fraction of sp³-hybridized carbons (Fsp3) is 0.727. The molecule has 3 aliphatic rings. The van der Waals surface area contributed by atoms with E-state index in [0.717, 1.165) is 74.5 Å². The molecule has 1 saturated carbocycles. The maximum Gasteiger partial charge on any atom is 0.225 e. The number of ether oxygens (including phenoxy) is 2. The number of nitrogens with zero attached hydrogens (tertiary/aromatic N) is 3. The fourth-order valence-corrected chi connectivity index (χ4v) is 6.64. The third-order valence-corrected chi connectivity index (χ3v) is 7.98. The molecule has 7 heteroatoms. The highest BCUT2D eigenvalue weighted by atomic mass is 32.1. The van der Waals surface area contributed by atoms with Crippen LogP contribution in [0.15, 0.2) is 6.33 Å². The first-order chi connectivity index (χ1) is 14.2. The van der Waals surface area contributed by atoms with E-state index in [0.29, 0.717) is 12.0 Å². The second-order valence-electron chi connectivity index (χ2n) is 8.81. The molecule has 0 unspecified atom stereocenters. The van der Waals surface area contributed by atoms with Gasteiger partial charge in [-0.3, -0.25) is 4.90 Å². The number of morpholine rings is 1. The van der Waals surface area contributed by atoms with Crippen LogP contribution in [0.5, 0.6) is 5.88 Å². The van der Waals surface area contributed by atoms with Gasteiger partial charge >= 0.3 is 0 Å². The minimum Gasteiger partial charge on any atom is -0.474 e. The topological polar surface area (TPSA) is 67.7 Å². The minimum absolute atomic E-state index is 0.234. The quantitative estimate of drug-likeness (QED) is 0.803. The van der Waals surface area contributed by atoms with Crippen LogP contribution in [0.4, 0.5) is 0 Å². The SMILES string of the molecule is C[C@H](O)C[C@H]1CCc2sc3ncnc(O[C@H]4CC[C@H](N5CCOCC5)CC4)c3c21. The van der Waals surface area contributed by atoms with Gasteiger partial charge in [-0.15, -0.1) is 11.3 Å². The van der Waals surface area contributed by atoms with Crippen LogP contribution in [-0.4, -0.2) is 64.5 Å². The van der Waals surface area contributed by atoms with Crippen LogP contribution in [0.2, 0.25) is 0 Å². The Morgan fingerprint density at radius 1 is 1.21 bits per heavy atom. The summed E-state index contributed by atoms with van der Waals surface area (Å²) in [6.45, 7) is 5.74. The van der Waals surface area contributed by atoms with Gasteiger partial charge in [0.25, 0.3) is 0 Å². The molecule has 5 rings (SSSR count). The van der Waals surface area contributed by atoms with E-state index in [1.54, 1.807) is 17.7 Å². The molecule has 2 fully saturated rings. The van der Waals surface area contributed by atoms with Gasteiger partial charge in [0.2, 0.25) is 5.88 Å². The fourth-order valence-electron chi connectivity index (χ4n) is 5.41. The van der Waals surface area contributed by atoms with Gasteiger partial charge in [-0.05, 0) is 63.4 Å². The minimum atomic E-state index is -0.287. The van der Waals surface area contributed by atoms with Gasteiger partial charge in [-0.1, -0.05) is 0 Å².